The summed E-state index contributed by atoms with van der Waals surface area (Å²) >= 11 is 6.07. The van der Waals surface area contributed by atoms with Crippen molar-refractivity contribution in [1.29, 1.82) is 0 Å². The second-order valence-corrected chi connectivity index (χ2v) is 8.23. The van der Waals surface area contributed by atoms with E-state index in [1.165, 1.54) is 12.5 Å². The van der Waals surface area contributed by atoms with E-state index in [1.807, 2.05) is 0 Å². The molecule has 2 aromatic heterocycles. The maximum atomic E-state index is 12.7. The molecule has 0 aliphatic heterocycles. The van der Waals surface area contributed by atoms with Crippen LogP contribution in [0.1, 0.15) is 53.6 Å². The SMILES string of the molecule is COCC(C)NC(=O)c1nc[nH]c1C(=O)NC1CCC(C(=O)Nc2cnccc2Cl)CC1. The fourth-order valence-electron chi connectivity index (χ4n) is 3.69. The normalized spacial score (nSPS) is 19.1. The molecule has 0 aromatic carbocycles. The highest BCUT2D eigenvalue weighted by molar-refractivity contribution is 6.33. The topological polar surface area (TPSA) is 138 Å². The molecule has 0 radical (unpaired) electrons. The van der Waals surface area contributed by atoms with Crippen molar-refractivity contribution in [1.82, 2.24) is 25.6 Å². The molecule has 0 bridgehead atoms. The van der Waals surface area contributed by atoms with Gasteiger partial charge in [0.2, 0.25) is 5.91 Å². The third kappa shape index (κ3) is 6.04. The van der Waals surface area contributed by atoms with Gasteiger partial charge in [0.25, 0.3) is 11.8 Å². The van der Waals surface area contributed by atoms with E-state index >= 15 is 0 Å². The summed E-state index contributed by atoms with van der Waals surface area (Å²) in [7, 11) is 1.54. The van der Waals surface area contributed by atoms with Crippen molar-refractivity contribution in [2.45, 2.75) is 44.7 Å². The number of rotatable bonds is 8. The number of hydrogen-bond donors (Lipinski definition) is 4. The number of imidazole rings is 1. The number of H-pyrrole nitrogens is 1. The highest BCUT2D eigenvalue weighted by Crippen LogP contribution is 2.27. The van der Waals surface area contributed by atoms with Gasteiger partial charge in [0.15, 0.2) is 5.69 Å². The summed E-state index contributed by atoms with van der Waals surface area (Å²) in [6, 6.07) is 1.30. The number of aromatic amines is 1. The molecule has 2 heterocycles. The molecule has 0 saturated heterocycles. The Kier molecular flexibility index (Phi) is 8.18. The number of halogens is 1. The molecule has 0 spiro atoms. The van der Waals surface area contributed by atoms with Gasteiger partial charge in [-0.3, -0.25) is 19.4 Å². The predicted octanol–water partition coefficient (Wildman–Crippen LogP) is 2.15. The molecule has 1 aliphatic carbocycles. The number of amides is 3. The molecule has 1 aliphatic rings. The van der Waals surface area contributed by atoms with Crippen LogP contribution in [-0.2, 0) is 9.53 Å². The molecule has 10 nitrogen and oxygen atoms in total. The third-order valence-corrected chi connectivity index (χ3v) is 5.66. The minimum absolute atomic E-state index is 0.0341. The number of nitrogens with one attached hydrogen (secondary N) is 4. The van der Waals surface area contributed by atoms with E-state index in [1.54, 1.807) is 26.3 Å². The zero-order chi connectivity index (χ0) is 23.1. The molecule has 3 amide bonds. The number of ether oxygens (including phenoxy) is 1. The summed E-state index contributed by atoms with van der Waals surface area (Å²) in [6.45, 7) is 2.14. The molecule has 1 fully saturated rings. The van der Waals surface area contributed by atoms with E-state index in [0.717, 1.165) is 0 Å². The van der Waals surface area contributed by atoms with Crippen molar-refractivity contribution < 1.29 is 19.1 Å². The summed E-state index contributed by atoms with van der Waals surface area (Å²) in [4.78, 5) is 48.4. The first-order valence-corrected chi connectivity index (χ1v) is 10.8. The second-order valence-electron chi connectivity index (χ2n) is 7.82. The number of nitrogens with zero attached hydrogens (tertiary/aromatic N) is 2. The van der Waals surface area contributed by atoms with Crippen LogP contribution in [0.5, 0.6) is 0 Å². The van der Waals surface area contributed by atoms with E-state index in [2.05, 4.69) is 30.9 Å². The molecule has 1 unspecified atom stereocenters. The fourth-order valence-corrected chi connectivity index (χ4v) is 3.84. The van der Waals surface area contributed by atoms with Gasteiger partial charge < -0.3 is 25.7 Å². The Morgan fingerprint density at radius 3 is 2.69 bits per heavy atom. The number of pyridine rings is 1. The number of carbonyl (C=O) groups excluding carboxylic acids is 3. The Morgan fingerprint density at radius 2 is 2.00 bits per heavy atom. The number of aromatic nitrogens is 3. The first-order chi connectivity index (χ1) is 15.4. The average molecular weight is 463 g/mol. The standard InChI is InChI=1S/C21H27ClN6O4/c1-12(10-32-2)26-20(30)17-18(25-11-24-17)21(31)27-14-5-3-13(4-6-14)19(29)28-16-9-23-8-7-15(16)22/h7-9,11-14H,3-6,10H2,1-2H3,(H,24,25)(H,26,30)(H,27,31)(H,28,29). The lowest BCUT2D eigenvalue weighted by molar-refractivity contribution is -0.120. The van der Waals surface area contributed by atoms with Gasteiger partial charge in [-0.15, -0.1) is 0 Å². The van der Waals surface area contributed by atoms with Crippen molar-refractivity contribution in [3.63, 3.8) is 0 Å². The van der Waals surface area contributed by atoms with Crippen LogP contribution >= 0.6 is 11.6 Å². The Labute approximate surface area is 190 Å². The Balaban J connectivity index is 1.51. The third-order valence-electron chi connectivity index (χ3n) is 5.33. The number of methoxy groups -OCH3 is 1. The van der Waals surface area contributed by atoms with Crippen LogP contribution in [0.4, 0.5) is 5.69 Å². The highest BCUT2D eigenvalue weighted by Gasteiger charge is 2.29. The lowest BCUT2D eigenvalue weighted by Gasteiger charge is -2.28. The average Bonchev–Trinajstić information content (AvgIpc) is 3.26. The van der Waals surface area contributed by atoms with Crippen LogP contribution < -0.4 is 16.0 Å². The van der Waals surface area contributed by atoms with E-state index in [4.69, 9.17) is 16.3 Å². The zero-order valence-electron chi connectivity index (χ0n) is 18.0. The summed E-state index contributed by atoms with van der Waals surface area (Å²) in [5, 5.41) is 8.93. The van der Waals surface area contributed by atoms with Gasteiger partial charge in [-0.05, 0) is 38.7 Å². The van der Waals surface area contributed by atoms with Crippen LogP contribution in [0.3, 0.4) is 0 Å². The van der Waals surface area contributed by atoms with E-state index < -0.39 is 11.8 Å². The zero-order valence-corrected chi connectivity index (χ0v) is 18.7. The van der Waals surface area contributed by atoms with Gasteiger partial charge >= 0.3 is 0 Å². The molecule has 3 rings (SSSR count). The Morgan fingerprint density at radius 1 is 1.25 bits per heavy atom. The first kappa shape index (κ1) is 23.7. The fraction of sp³-hybridized carbons (Fsp3) is 0.476. The summed E-state index contributed by atoms with van der Waals surface area (Å²) < 4.78 is 5.00. The summed E-state index contributed by atoms with van der Waals surface area (Å²) in [6.07, 6.45) is 6.92. The predicted molar refractivity (Wildman–Crippen MR) is 118 cm³/mol. The van der Waals surface area contributed by atoms with Crippen LogP contribution in [0.25, 0.3) is 0 Å². The molecule has 32 heavy (non-hydrogen) atoms. The van der Waals surface area contributed by atoms with E-state index in [-0.39, 0.29) is 35.3 Å². The minimum atomic E-state index is -0.449. The lowest BCUT2D eigenvalue weighted by atomic mass is 9.85. The highest BCUT2D eigenvalue weighted by atomic mass is 35.5. The van der Waals surface area contributed by atoms with Crippen molar-refractivity contribution in [2.24, 2.45) is 5.92 Å². The molecule has 1 atom stereocenters. The van der Waals surface area contributed by atoms with Gasteiger partial charge in [-0.25, -0.2) is 4.98 Å². The summed E-state index contributed by atoms with van der Waals surface area (Å²) in [5.74, 6) is -1.13. The molecular weight excluding hydrogens is 436 g/mol. The van der Waals surface area contributed by atoms with Gasteiger partial charge in [-0.1, -0.05) is 11.6 Å². The monoisotopic (exact) mass is 462 g/mol. The maximum Gasteiger partial charge on any atom is 0.272 e. The van der Waals surface area contributed by atoms with Crippen molar-refractivity contribution >= 4 is 35.0 Å². The van der Waals surface area contributed by atoms with Crippen molar-refractivity contribution in [2.75, 3.05) is 19.0 Å². The van der Waals surface area contributed by atoms with Crippen LogP contribution in [0, 0.1) is 5.92 Å². The molecule has 2 aromatic rings. The summed E-state index contributed by atoms with van der Waals surface area (Å²) in [5.41, 5.74) is 0.629. The Hall–Kier alpha value is -2.98. The minimum Gasteiger partial charge on any atom is -0.383 e. The smallest absolute Gasteiger partial charge is 0.272 e. The number of hydrogen-bond acceptors (Lipinski definition) is 6. The van der Waals surface area contributed by atoms with Crippen LogP contribution in [0.2, 0.25) is 5.02 Å². The molecular formula is C21H27ClN6O4. The maximum absolute atomic E-state index is 12.7. The van der Waals surface area contributed by atoms with Gasteiger partial charge in [0.05, 0.1) is 29.8 Å². The molecule has 4 N–H and O–H groups in total. The van der Waals surface area contributed by atoms with E-state index in [9.17, 15) is 14.4 Å². The van der Waals surface area contributed by atoms with Gasteiger partial charge in [0, 0.05) is 31.3 Å². The van der Waals surface area contributed by atoms with Gasteiger partial charge in [0.1, 0.15) is 5.69 Å². The quantitative estimate of drug-likeness (QED) is 0.474. The lowest BCUT2D eigenvalue weighted by Crippen LogP contribution is -2.41. The molecule has 172 valence electrons. The number of anilines is 1. The molecule has 11 heteroatoms. The first-order valence-electron chi connectivity index (χ1n) is 10.4. The van der Waals surface area contributed by atoms with E-state index in [0.29, 0.717) is 43.0 Å². The molecule has 1 saturated carbocycles. The second kappa shape index (κ2) is 11.1. The Bertz CT molecular complexity index is 957. The largest absolute Gasteiger partial charge is 0.383 e. The van der Waals surface area contributed by atoms with Gasteiger partial charge in [-0.2, -0.15) is 0 Å². The van der Waals surface area contributed by atoms with Crippen molar-refractivity contribution in [3.05, 3.63) is 41.2 Å². The van der Waals surface area contributed by atoms with Crippen LogP contribution in [0.15, 0.2) is 24.8 Å². The van der Waals surface area contributed by atoms with Crippen molar-refractivity contribution in [3.8, 4) is 0 Å². The number of carbonyl (C=O) groups is 3. The van der Waals surface area contributed by atoms with Crippen LogP contribution in [-0.4, -0.2) is 58.5 Å².